The first-order valence-electron chi connectivity index (χ1n) is 13.3. The molecule has 1 unspecified atom stereocenters. The van der Waals surface area contributed by atoms with Crippen molar-refractivity contribution in [3.63, 3.8) is 0 Å². The Labute approximate surface area is 252 Å². The van der Waals surface area contributed by atoms with Gasteiger partial charge in [0.15, 0.2) is 10.1 Å². The van der Waals surface area contributed by atoms with Crippen molar-refractivity contribution >= 4 is 45.6 Å². The predicted molar refractivity (Wildman–Crippen MR) is 163 cm³/mol. The van der Waals surface area contributed by atoms with Crippen molar-refractivity contribution in [1.82, 2.24) is 10.2 Å². The molecule has 2 heterocycles. The molecule has 0 bridgehead atoms. The lowest BCUT2D eigenvalue weighted by molar-refractivity contribution is -0.116. The van der Waals surface area contributed by atoms with Gasteiger partial charge in [0.1, 0.15) is 17.3 Å². The van der Waals surface area contributed by atoms with Gasteiger partial charge in [-0.05, 0) is 44.4 Å². The number of nitriles is 1. The number of rotatable bonds is 8. The molecule has 5 rings (SSSR count). The van der Waals surface area contributed by atoms with Gasteiger partial charge in [-0.15, -0.1) is 10.2 Å². The first kappa shape index (κ1) is 29.2. The van der Waals surface area contributed by atoms with E-state index in [2.05, 4.69) is 21.6 Å². The molecule has 12 heteroatoms. The molecule has 2 aliphatic rings. The van der Waals surface area contributed by atoms with Gasteiger partial charge in [-0.25, -0.2) is 0 Å². The summed E-state index contributed by atoms with van der Waals surface area (Å²) in [7, 11) is 3.09. The number of nitrogens with one attached hydrogen (secondary N) is 1. The van der Waals surface area contributed by atoms with Gasteiger partial charge >= 0.3 is 0 Å². The zero-order chi connectivity index (χ0) is 30.0. The van der Waals surface area contributed by atoms with E-state index >= 15 is 0 Å². The van der Waals surface area contributed by atoms with Crippen LogP contribution in [0.25, 0.3) is 0 Å². The number of ketones is 1. The molecule has 0 fully saturated rings. The number of aromatic nitrogens is 2. The molecule has 10 nitrogen and oxygen atoms in total. The summed E-state index contributed by atoms with van der Waals surface area (Å²) >= 11 is 2.51. The number of allylic oxidation sites excluding steroid dienone is 3. The van der Waals surface area contributed by atoms with Gasteiger partial charge in [-0.2, -0.15) is 5.26 Å². The summed E-state index contributed by atoms with van der Waals surface area (Å²) in [5.74, 6) is 0.516. The van der Waals surface area contributed by atoms with Crippen LogP contribution < -0.4 is 25.4 Å². The van der Waals surface area contributed by atoms with Crippen LogP contribution >= 0.6 is 23.1 Å². The van der Waals surface area contributed by atoms with E-state index in [1.54, 1.807) is 30.2 Å². The summed E-state index contributed by atoms with van der Waals surface area (Å²) in [5.41, 5.74) is 11.6. The predicted octanol–water partition coefficient (Wildman–Crippen LogP) is 5.21. The molecule has 1 amide bonds. The van der Waals surface area contributed by atoms with E-state index < -0.39 is 5.92 Å². The Bertz CT molecular complexity index is 1670. The number of carbonyl (C=O) groups excluding carboxylic acids is 2. The lowest BCUT2D eigenvalue weighted by Crippen LogP contribution is -2.38. The number of Topliss-reactive ketones (excluding diaryl/α,β-unsaturated/α-hetero) is 1. The second-order valence-corrected chi connectivity index (χ2v) is 12.1. The maximum atomic E-state index is 13.5. The third-order valence-corrected chi connectivity index (χ3v) is 9.28. The molecule has 1 aromatic heterocycles. The van der Waals surface area contributed by atoms with Gasteiger partial charge < -0.3 is 20.5 Å². The molecular formula is C30H30N6O4S2. The highest BCUT2D eigenvalue weighted by molar-refractivity contribution is 8.01. The number of carbonyl (C=O) groups is 2. The molecule has 0 spiro atoms. The Balaban J connectivity index is 1.44. The van der Waals surface area contributed by atoms with Gasteiger partial charge in [0, 0.05) is 35.0 Å². The van der Waals surface area contributed by atoms with E-state index in [1.165, 1.54) is 30.2 Å². The highest BCUT2D eigenvalue weighted by Gasteiger charge is 2.42. The fourth-order valence-corrected chi connectivity index (χ4v) is 6.97. The molecular weight excluding hydrogens is 573 g/mol. The third kappa shape index (κ3) is 5.57. The van der Waals surface area contributed by atoms with E-state index in [0.29, 0.717) is 57.1 Å². The van der Waals surface area contributed by atoms with Crippen molar-refractivity contribution in [3.05, 3.63) is 75.8 Å². The minimum absolute atomic E-state index is 0.0495. The normalized spacial score (nSPS) is 16.7. The van der Waals surface area contributed by atoms with Crippen molar-refractivity contribution in [3.8, 4) is 17.6 Å². The van der Waals surface area contributed by atoms with Crippen molar-refractivity contribution in [2.75, 3.05) is 30.2 Å². The fraction of sp³-hybridized carbons (Fsp3) is 0.300. The second-order valence-electron chi connectivity index (χ2n) is 9.93. The number of thioether (sulfide) groups is 1. The van der Waals surface area contributed by atoms with Crippen LogP contribution in [-0.4, -0.2) is 41.9 Å². The Kier molecular flexibility index (Phi) is 8.51. The van der Waals surface area contributed by atoms with E-state index in [9.17, 15) is 14.9 Å². The minimum Gasteiger partial charge on any atom is -0.497 e. The molecule has 3 N–H and O–H groups in total. The number of amides is 1. The van der Waals surface area contributed by atoms with Crippen LogP contribution in [-0.2, 0) is 9.59 Å². The second kappa shape index (κ2) is 12.3. The molecule has 0 saturated heterocycles. The highest BCUT2D eigenvalue weighted by atomic mass is 32.2. The topological polar surface area (TPSA) is 143 Å². The van der Waals surface area contributed by atoms with E-state index in [4.69, 9.17) is 15.2 Å². The molecule has 1 atom stereocenters. The van der Waals surface area contributed by atoms with Crippen molar-refractivity contribution in [1.29, 1.82) is 5.26 Å². The van der Waals surface area contributed by atoms with E-state index in [1.807, 2.05) is 32.0 Å². The maximum absolute atomic E-state index is 13.5. The van der Waals surface area contributed by atoms with Crippen LogP contribution in [0.3, 0.4) is 0 Å². The molecule has 1 aliphatic heterocycles. The summed E-state index contributed by atoms with van der Waals surface area (Å²) < 4.78 is 11.5. The molecule has 1 aliphatic carbocycles. The summed E-state index contributed by atoms with van der Waals surface area (Å²) in [6.45, 7) is 3.96. The Morgan fingerprint density at radius 3 is 2.71 bits per heavy atom. The van der Waals surface area contributed by atoms with E-state index in [0.717, 1.165) is 16.8 Å². The van der Waals surface area contributed by atoms with Gasteiger partial charge in [0.25, 0.3) is 0 Å². The number of aryl methyl sites for hydroxylation is 2. The molecule has 2 aromatic carbocycles. The molecule has 216 valence electrons. The van der Waals surface area contributed by atoms with Crippen LogP contribution in [0.1, 0.15) is 41.9 Å². The SMILES string of the molecule is COc1ccc(C2C(C#N)=C(N)N(c3nnc(SCC(=O)Nc4ccc(C)cc4C)s3)C3=C2C(=O)CCC3)c(OC)c1. The number of nitrogens with two attached hydrogens (primary N) is 1. The van der Waals surface area contributed by atoms with Gasteiger partial charge in [-0.3, -0.25) is 14.5 Å². The summed E-state index contributed by atoms with van der Waals surface area (Å²) in [5, 5.41) is 22.3. The van der Waals surface area contributed by atoms with Crippen LogP contribution in [0.5, 0.6) is 11.5 Å². The number of anilines is 2. The van der Waals surface area contributed by atoms with Gasteiger partial charge in [0.05, 0.1) is 37.5 Å². The summed E-state index contributed by atoms with van der Waals surface area (Å²) in [4.78, 5) is 27.8. The molecule has 0 saturated carbocycles. The number of ether oxygens (including phenoxy) is 2. The van der Waals surface area contributed by atoms with Crippen molar-refractivity contribution in [2.45, 2.75) is 43.4 Å². The Morgan fingerprint density at radius 1 is 1.19 bits per heavy atom. The minimum atomic E-state index is -0.689. The van der Waals surface area contributed by atoms with Crippen molar-refractivity contribution in [2.24, 2.45) is 5.73 Å². The first-order valence-corrected chi connectivity index (χ1v) is 15.1. The highest BCUT2D eigenvalue weighted by Crippen LogP contribution is 2.49. The standard InChI is InChI=1S/C30H30N6O4S2/c1-16-8-11-21(17(2)12-16)33-25(38)15-41-30-35-34-29(42-30)36-22-6-5-7-23(37)27(22)26(20(14-31)28(36)32)19-10-9-18(39-3)13-24(19)40-4/h8-13,26H,5-7,15,32H2,1-4H3,(H,33,38). The number of methoxy groups -OCH3 is 2. The first-order chi connectivity index (χ1) is 20.2. The Morgan fingerprint density at radius 2 is 2.00 bits per heavy atom. The smallest absolute Gasteiger partial charge is 0.234 e. The van der Waals surface area contributed by atoms with Crippen molar-refractivity contribution < 1.29 is 19.1 Å². The zero-order valence-electron chi connectivity index (χ0n) is 23.7. The Hall–Kier alpha value is -4.34. The summed E-state index contributed by atoms with van der Waals surface area (Å²) in [6, 6.07) is 13.4. The average molecular weight is 603 g/mol. The number of benzene rings is 2. The number of hydrogen-bond donors (Lipinski definition) is 2. The van der Waals surface area contributed by atoms with Crippen LogP contribution in [0.2, 0.25) is 0 Å². The van der Waals surface area contributed by atoms with Crippen LogP contribution in [0.15, 0.2) is 63.4 Å². The molecule has 0 radical (unpaired) electrons. The monoisotopic (exact) mass is 602 g/mol. The number of nitrogens with zero attached hydrogens (tertiary/aromatic N) is 4. The molecule has 42 heavy (non-hydrogen) atoms. The lowest BCUT2D eigenvalue weighted by Gasteiger charge is -2.38. The fourth-order valence-electron chi connectivity index (χ4n) is 5.29. The quantitative estimate of drug-likeness (QED) is 0.330. The number of hydrogen-bond acceptors (Lipinski definition) is 11. The molecule has 3 aromatic rings. The third-order valence-electron chi connectivity index (χ3n) is 7.23. The lowest BCUT2D eigenvalue weighted by atomic mass is 9.75. The largest absolute Gasteiger partial charge is 0.497 e. The van der Waals surface area contributed by atoms with Gasteiger partial charge in [-0.1, -0.05) is 46.9 Å². The van der Waals surface area contributed by atoms with Crippen LogP contribution in [0.4, 0.5) is 10.8 Å². The zero-order valence-corrected chi connectivity index (χ0v) is 25.3. The van der Waals surface area contributed by atoms with Crippen LogP contribution in [0, 0.1) is 25.2 Å². The summed E-state index contributed by atoms with van der Waals surface area (Å²) in [6.07, 6.45) is 1.59. The maximum Gasteiger partial charge on any atom is 0.234 e. The van der Waals surface area contributed by atoms with Gasteiger partial charge in [0.2, 0.25) is 11.0 Å². The van der Waals surface area contributed by atoms with E-state index in [-0.39, 0.29) is 28.8 Å². The average Bonchev–Trinajstić information content (AvgIpc) is 3.45.